The first-order valence-corrected chi connectivity index (χ1v) is 7.44. The van der Waals surface area contributed by atoms with E-state index in [1.54, 1.807) is 18.8 Å². The van der Waals surface area contributed by atoms with Crippen LogP contribution < -0.4 is 10.6 Å². The number of amides is 1. The predicted molar refractivity (Wildman–Crippen MR) is 75.0 cm³/mol. The van der Waals surface area contributed by atoms with Gasteiger partial charge in [0.25, 0.3) is 0 Å². The zero-order valence-electron chi connectivity index (χ0n) is 11.4. The third-order valence-corrected chi connectivity index (χ3v) is 4.03. The molecule has 0 fully saturated rings. The Kier molecular flexibility index (Phi) is 8.83. The number of thioether (sulfide) groups is 1. The monoisotopic (exact) mass is 276 g/mol. The fraction of sp³-hybridized carbons (Fsp3) is 0.833. The van der Waals surface area contributed by atoms with E-state index in [1.165, 1.54) is 0 Å². The van der Waals surface area contributed by atoms with Crippen LogP contribution in [-0.2, 0) is 9.59 Å². The van der Waals surface area contributed by atoms with Crippen LogP contribution in [0.5, 0.6) is 0 Å². The third kappa shape index (κ3) is 5.73. The van der Waals surface area contributed by atoms with Gasteiger partial charge in [0.2, 0.25) is 5.91 Å². The number of hydrogen-bond donors (Lipinski definition) is 3. The molecule has 0 aromatic heterocycles. The minimum Gasteiger partial charge on any atom is -0.480 e. The number of carboxylic acid groups (broad SMARTS) is 1. The maximum Gasteiger partial charge on any atom is 0.323 e. The summed E-state index contributed by atoms with van der Waals surface area (Å²) in [5, 5.41) is 14.8. The van der Waals surface area contributed by atoms with Gasteiger partial charge in [-0.25, -0.2) is 0 Å². The lowest BCUT2D eigenvalue weighted by molar-refractivity contribution is -0.145. The van der Waals surface area contributed by atoms with E-state index < -0.39 is 11.5 Å². The Hall–Kier alpha value is -0.750. The van der Waals surface area contributed by atoms with Gasteiger partial charge in [-0.05, 0) is 39.0 Å². The molecule has 0 rings (SSSR count). The molecule has 0 spiro atoms. The number of likely N-dealkylation sites (N-methyl/N-ethyl adjacent to an activating group) is 1. The molecule has 1 atom stereocenters. The van der Waals surface area contributed by atoms with Crippen LogP contribution in [0, 0.1) is 0 Å². The molecule has 0 radical (unpaired) electrons. The Morgan fingerprint density at radius 2 is 2.00 bits per heavy atom. The number of nitrogens with one attached hydrogen (secondary N) is 2. The van der Waals surface area contributed by atoms with Crippen LogP contribution in [0.3, 0.4) is 0 Å². The zero-order chi connectivity index (χ0) is 14.0. The number of rotatable bonds is 10. The van der Waals surface area contributed by atoms with E-state index in [0.717, 1.165) is 12.2 Å². The molecular weight excluding hydrogens is 252 g/mol. The van der Waals surface area contributed by atoms with E-state index in [1.807, 2.05) is 13.8 Å². The second-order valence-corrected chi connectivity index (χ2v) is 5.21. The summed E-state index contributed by atoms with van der Waals surface area (Å²) in [7, 11) is 1.68. The molecule has 0 aliphatic heterocycles. The smallest absolute Gasteiger partial charge is 0.323 e. The molecular formula is C12H24N2O3S. The van der Waals surface area contributed by atoms with Gasteiger partial charge in [0.05, 0.1) is 5.75 Å². The van der Waals surface area contributed by atoms with Crippen molar-refractivity contribution < 1.29 is 14.7 Å². The largest absolute Gasteiger partial charge is 0.480 e. The Morgan fingerprint density at radius 3 is 2.44 bits per heavy atom. The van der Waals surface area contributed by atoms with E-state index in [2.05, 4.69) is 10.6 Å². The van der Waals surface area contributed by atoms with Gasteiger partial charge >= 0.3 is 5.97 Å². The van der Waals surface area contributed by atoms with Gasteiger partial charge < -0.3 is 15.7 Å². The maximum absolute atomic E-state index is 11.2. The van der Waals surface area contributed by atoms with E-state index in [4.69, 9.17) is 0 Å². The lowest BCUT2D eigenvalue weighted by atomic mass is 9.91. The molecule has 1 amide bonds. The fourth-order valence-electron chi connectivity index (χ4n) is 1.73. The Morgan fingerprint density at radius 1 is 1.33 bits per heavy atom. The molecule has 0 bridgehead atoms. The highest BCUT2D eigenvalue weighted by Crippen LogP contribution is 2.19. The summed E-state index contributed by atoms with van der Waals surface area (Å²) in [6.45, 7) is 4.40. The van der Waals surface area contributed by atoms with Crippen molar-refractivity contribution in [2.45, 2.75) is 38.6 Å². The lowest BCUT2D eigenvalue weighted by Gasteiger charge is -2.27. The van der Waals surface area contributed by atoms with Crippen LogP contribution in [0.15, 0.2) is 0 Å². The summed E-state index contributed by atoms with van der Waals surface area (Å²) in [5.74, 6) is 0.477. The number of carboxylic acids is 1. The van der Waals surface area contributed by atoms with Crippen LogP contribution in [0.4, 0.5) is 0 Å². The van der Waals surface area contributed by atoms with Crippen LogP contribution >= 0.6 is 11.8 Å². The highest BCUT2D eigenvalue weighted by atomic mass is 32.2. The van der Waals surface area contributed by atoms with Crippen molar-refractivity contribution in [3.63, 3.8) is 0 Å². The predicted octanol–water partition coefficient (Wildman–Crippen LogP) is 1.09. The normalized spacial score (nSPS) is 13.9. The zero-order valence-corrected chi connectivity index (χ0v) is 12.2. The van der Waals surface area contributed by atoms with E-state index in [0.29, 0.717) is 25.1 Å². The van der Waals surface area contributed by atoms with Gasteiger partial charge in [-0.2, -0.15) is 11.8 Å². The van der Waals surface area contributed by atoms with Crippen molar-refractivity contribution in [3.05, 3.63) is 0 Å². The van der Waals surface area contributed by atoms with Crippen molar-refractivity contribution in [2.75, 3.05) is 25.1 Å². The van der Waals surface area contributed by atoms with Gasteiger partial charge in [0.1, 0.15) is 5.54 Å². The molecule has 0 saturated carbocycles. The average Bonchev–Trinajstić information content (AvgIpc) is 2.34. The molecule has 0 aliphatic carbocycles. The van der Waals surface area contributed by atoms with Crippen LogP contribution in [0.2, 0.25) is 0 Å². The van der Waals surface area contributed by atoms with Gasteiger partial charge in [0.15, 0.2) is 0 Å². The van der Waals surface area contributed by atoms with E-state index in [-0.39, 0.29) is 5.91 Å². The van der Waals surface area contributed by atoms with E-state index in [9.17, 15) is 14.7 Å². The fourth-order valence-corrected chi connectivity index (χ4v) is 2.51. The molecule has 0 aliphatic rings. The standard InChI is InChI=1S/C12H24N2O3S/c1-4-12(13-3,11(16)17)7-6-8-18-9-10(15)14-5-2/h13H,4-9H2,1-3H3,(H,14,15)(H,16,17). The summed E-state index contributed by atoms with van der Waals surface area (Å²) < 4.78 is 0. The SMILES string of the molecule is CCNC(=O)CSCCCC(CC)(NC)C(=O)O. The molecule has 0 heterocycles. The number of hydrogen-bond acceptors (Lipinski definition) is 4. The highest BCUT2D eigenvalue weighted by Gasteiger charge is 2.33. The van der Waals surface area contributed by atoms with Crippen molar-refractivity contribution in [3.8, 4) is 0 Å². The molecule has 0 saturated heterocycles. The minimum absolute atomic E-state index is 0.0381. The van der Waals surface area contributed by atoms with Crippen LogP contribution in [0.1, 0.15) is 33.1 Å². The Balaban J connectivity index is 3.88. The second-order valence-electron chi connectivity index (χ2n) is 4.10. The molecule has 18 heavy (non-hydrogen) atoms. The van der Waals surface area contributed by atoms with E-state index >= 15 is 0 Å². The Labute approximate surface area is 113 Å². The van der Waals surface area contributed by atoms with Crippen LogP contribution in [0.25, 0.3) is 0 Å². The topological polar surface area (TPSA) is 78.4 Å². The number of carbonyl (C=O) groups excluding carboxylic acids is 1. The first-order valence-electron chi connectivity index (χ1n) is 6.29. The third-order valence-electron chi connectivity index (χ3n) is 2.99. The molecule has 5 nitrogen and oxygen atoms in total. The molecule has 0 aromatic carbocycles. The Bertz CT molecular complexity index is 268. The molecule has 3 N–H and O–H groups in total. The summed E-state index contributed by atoms with van der Waals surface area (Å²) in [5.41, 5.74) is -0.827. The highest BCUT2D eigenvalue weighted by molar-refractivity contribution is 7.99. The van der Waals surface area contributed by atoms with Gasteiger partial charge in [-0.15, -0.1) is 0 Å². The molecule has 1 unspecified atom stereocenters. The first-order chi connectivity index (χ1) is 8.52. The van der Waals surface area contributed by atoms with Gasteiger partial charge in [0, 0.05) is 6.54 Å². The summed E-state index contributed by atoms with van der Waals surface area (Å²) in [4.78, 5) is 22.4. The van der Waals surface area contributed by atoms with Crippen LogP contribution in [-0.4, -0.2) is 47.6 Å². The molecule has 106 valence electrons. The van der Waals surface area contributed by atoms with Crippen molar-refractivity contribution in [1.82, 2.24) is 10.6 Å². The lowest BCUT2D eigenvalue weighted by Crippen LogP contribution is -2.49. The molecule has 0 aromatic rings. The van der Waals surface area contributed by atoms with Crippen molar-refractivity contribution >= 4 is 23.6 Å². The summed E-state index contributed by atoms with van der Waals surface area (Å²) in [6, 6.07) is 0. The van der Waals surface area contributed by atoms with Gasteiger partial charge in [-0.3, -0.25) is 9.59 Å². The maximum atomic E-state index is 11.2. The van der Waals surface area contributed by atoms with Crippen molar-refractivity contribution in [1.29, 1.82) is 0 Å². The minimum atomic E-state index is -0.827. The summed E-state index contributed by atoms with van der Waals surface area (Å²) in [6.07, 6.45) is 1.92. The van der Waals surface area contributed by atoms with Gasteiger partial charge in [-0.1, -0.05) is 6.92 Å². The molecule has 6 heteroatoms. The quantitative estimate of drug-likeness (QED) is 0.521. The number of aliphatic carboxylic acids is 1. The average molecular weight is 276 g/mol. The first kappa shape index (κ1) is 17.2. The van der Waals surface area contributed by atoms with Crippen molar-refractivity contribution in [2.24, 2.45) is 0 Å². The summed E-state index contributed by atoms with van der Waals surface area (Å²) >= 11 is 1.54. The number of carbonyl (C=O) groups is 2. The second kappa shape index (κ2) is 9.22.